The molecule has 0 spiro atoms. The minimum atomic E-state index is -0.317. The fourth-order valence-corrected chi connectivity index (χ4v) is 4.02. The van der Waals surface area contributed by atoms with E-state index in [4.69, 9.17) is 4.52 Å². The van der Waals surface area contributed by atoms with E-state index in [1.807, 2.05) is 34.6 Å². The summed E-state index contributed by atoms with van der Waals surface area (Å²) >= 11 is 0. The van der Waals surface area contributed by atoms with E-state index in [-0.39, 0.29) is 34.7 Å². The van der Waals surface area contributed by atoms with E-state index in [0.29, 0.717) is 60.4 Å². The highest BCUT2D eigenvalue weighted by Gasteiger charge is 2.36. The maximum atomic E-state index is 12.5. The minimum absolute atomic E-state index is 0.0352. The summed E-state index contributed by atoms with van der Waals surface area (Å²) in [5.41, 5.74) is 1.73. The van der Waals surface area contributed by atoms with Gasteiger partial charge in [-0.25, -0.2) is 0 Å². The summed E-state index contributed by atoms with van der Waals surface area (Å²) in [5, 5.41) is 14.8. The Hall–Kier alpha value is -2.24. The van der Waals surface area contributed by atoms with Crippen molar-refractivity contribution in [2.45, 2.75) is 85.1 Å². The number of ketones is 2. The number of aliphatic hydroxyl groups excluding tert-OH is 1. The molecule has 152 valence electrons. The topological polar surface area (TPSA) is 92.8 Å². The van der Waals surface area contributed by atoms with E-state index in [9.17, 15) is 14.7 Å². The maximum absolute atomic E-state index is 12.5. The highest BCUT2D eigenvalue weighted by atomic mass is 16.5. The van der Waals surface area contributed by atoms with Crippen LogP contribution in [0.2, 0.25) is 0 Å². The van der Waals surface area contributed by atoms with Crippen molar-refractivity contribution in [1.29, 1.82) is 0 Å². The summed E-state index contributed by atoms with van der Waals surface area (Å²) in [6.07, 6.45) is 3.60. The second kappa shape index (κ2) is 7.30. The molecule has 6 heteroatoms. The van der Waals surface area contributed by atoms with Gasteiger partial charge in [-0.3, -0.25) is 14.6 Å². The lowest BCUT2D eigenvalue weighted by molar-refractivity contribution is -0.115. The lowest BCUT2D eigenvalue weighted by Gasteiger charge is -2.26. The van der Waals surface area contributed by atoms with E-state index in [1.165, 1.54) is 0 Å². The minimum Gasteiger partial charge on any atom is -0.511 e. The number of rotatable bonds is 3. The number of fused-ring (bicyclic) bond motifs is 1. The van der Waals surface area contributed by atoms with Crippen LogP contribution in [0.4, 0.5) is 0 Å². The Morgan fingerprint density at radius 2 is 1.89 bits per heavy atom. The van der Waals surface area contributed by atoms with Crippen LogP contribution in [0, 0.1) is 5.41 Å². The Balaban J connectivity index is 1.84. The first kappa shape index (κ1) is 20.5. The predicted octanol–water partition coefficient (Wildman–Crippen LogP) is 4.57. The average Bonchev–Trinajstić information content (AvgIpc) is 2.93. The van der Waals surface area contributed by atoms with Gasteiger partial charge in [0.1, 0.15) is 11.5 Å². The van der Waals surface area contributed by atoms with E-state index in [2.05, 4.69) is 10.1 Å². The average molecular weight is 386 g/mol. The number of hydrogen-bond acceptors (Lipinski definition) is 6. The van der Waals surface area contributed by atoms with Crippen molar-refractivity contribution in [3.8, 4) is 0 Å². The number of aryl methyl sites for hydroxylation is 1. The molecule has 0 aromatic carbocycles. The monoisotopic (exact) mass is 386 g/mol. The van der Waals surface area contributed by atoms with Gasteiger partial charge >= 0.3 is 0 Å². The van der Waals surface area contributed by atoms with Crippen LogP contribution in [0.3, 0.4) is 0 Å². The third-order valence-corrected chi connectivity index (χ3v) is 5.13. The molecular formula is C22H30N2O4. The lowest BCUT2D eigenvalue weighted by Crippen LogP contribution is -2.26. The SMILES string of the molecule is CC1(C)CC(=O)c2c(CC/C(O)=C3/C(=O)CCCC3=NC(C)(C)C)noc2C1. The zero-order chi connectivity index (χ0) is 20.7. The maximum Gasteiger partial charge on any atom is 0.168 e. The van der Waals surface area contributed by atoms with Crippen molar-refractivity contribution >= 4 is 17.3 Å². The second-order valence-electron chi connectivity index (χ2n) is 9.70. The number of allylic oxidation sites excluding steroid dienone is 2. The number of aromatic nitrogens is 1. The standard InChI is InChI=1S/C22H30N2O4/c1-21(2,3)23-13-7-6-8-15(25)19(13)16(26)10-9-14-20-17(27)11-22(4,5)12-18(20)28-24-14/h26H,6-12H2,1-5H3/b19-16-,23-13?. The fourth-order valence-electron chi connectivity index (χ4n) is 4.02. The molecule has 1 saturated carbocycles. The van der Waals surface area contributed by atoms with E-state index >= 15 is 0 Å². The summed E-state index contributed by atoms with van der Waals surface area (Å²) in [7, 11) is 0. The fraction of sp³-hybridized carbons (Fsp3) is 0.636. The van der Waals surface area contributed by atoms with Gasteiger partial charge in [0.15, 0.2) is 11.6 Å². The molecule has 0 amide bonds. The zero-order valence-corrected chi connectivity index (χ0v) is 17.5. The normalized spacial score (nSPS) is 23.1. The number of carbonyl (C=O) groups is 2. The Morgan fingerprint density at radius 3 is 2.57 bits per heavy atom. The zero-order valence-electron chi connectivity index (χ0n) is 17.5. The largest absolute Gasteiger partial charge is 0.511 e. The molecule has 0 saturated heterocycles. The summed E-state index contributed by atoms with van der Waals surface area (Å²) in [4.78, 5) is 29.7. The molecule has 1 heterocycles. The Labute approximate surface area is 166 Å². The van der Waals surface area contributed by atoms with Gasteiger partial charge in [-0.2, -0.15) is 0 Å². The quantitative estimate of drug-likeness (QED) is 0.607. The van der Waals surface area contributed by atoms with E-state index < -0.39 is 0 Å². The third kappa shape index (κ3) is 4.42. The molecule has 0 unspecified atom stereocenters. The molecule has 1 aromatic rings. The van der Waals surface area contributed by atoms with Crippen LogP contribution < -0.4 is 0 Å². The van der Waals surface area contributed by atoms with Gasteiger partial charge in [-0.15, -0.1) is 0 Å². The molecule has 1 N–H and O–H groups in total. The highest BCUT2D eigenvalue weighted by molar-refractivity contribution is 6.24. The summed E-state index contributed by atoms with van der Waals surface area (Å²) in [6.45, 7) is 10.0. The number of Topliss-reactive ketones (excluding diaryl/α,β-unsaturated/α-hetero) is 2. The van der Waals surface area contributed by atoms with Crippen LogP contribution in [-0.4, -0.2) is 33.1 Å². The van der Waals surface area contributed by atoms with Crippen molar-refractivity contribution in [3.05, 3.63) is 28.3 Å². The highest BCUT2D eigenvalue weighted by Crippen LogP contribution is 2.36. The molecule has 3 rings (SSSR count). The van der Waals surface area contributed by atoms with Crippen molar-refractivity contribution in [1.82, 2.24) is 5.16 Å². The molecule has 0 bridgehead atoms. The smallest absolute Gasteiger partial charge is 0.168 e. The Kier molecular flexibility index (Phi) is 5.34. The number of hydrogen-bond donors (Lipinski definition) is 1. The number of nitrogens with zero attached hydrogens (tertiary/aromatic N) is 2. The molecule has 0 aliphatic heterocycles. The van der Waals surface area contributed by atoms with Crippen LogP contribution >= 0.6 is 0 Å². The predicted molar refractivity (Wildman–Crippen MR) is 107 cm³/mol. The van der Waals surface area contributed by atoms with Crippen molar-refractivity contribution in [2.75, 3.05) is 0 Å². The molecular weight excluding hydrogens is 356 g/mol. The van der Waals surface area contributed by atoms with Gasteiger partial charge < -0.3 is 9.63 Å². The molecule has 6 nitrogen and oxygen atoms in total. The van der Waals surface area contributed by atoms with Crippen LogP contribution in [0.1, 0.15) is 88.5 Å². The second-order valence-corrected chi connectivity index (χ2v) is 9.70. The van der Waals surface area contributed by atoms with Gasteiger partial charge in [0, 0.05) is 37.8 Å². The van der Waals surface area contributed by atoms with E-state index in [1.54, 1.807) is 0 Å². The van der Waals surface area contributed by atoms with Gasteiger partial charge in [0.25, 0.3) is 0 Å². The van der Waals surface area contributed by atoms with E-state index in [0.717, 1.165) is 6.42 Å². The Morgan fingerprint density at radius 1 is 1.18 bits per heavy atom. The van der Waals surface area contributed by atoms with Crippen molar-refractivity contribution in [2.24, 2.45) is 10.4 Å². The van der Waals surface area contributed by atoms with Crippen molar-refractivity contribution in [3.63, 3.8) is 0 Å². The van der Waals surface area contributed by atoms with Gasteiger partial charge in [0.05, 0.1) is 22.4 Å². The van der Waals surface area contributed by atoms with Crippen LogP contribution in [0.5, 0.6) is 0 Å². The first-order valence-corrected chi connectivity index (χ1v) is 10.0. The van der Waals surface area contributed by atoms with Gasteiger partial charge in [-0.05, 0) is 39.0 Å². The van der Waals surface area contributed by atoms with Crippen LogP contribution in [-0.2, 0) is 17.6 Å². The lowest BCUT2D eigenvalue weighted by atomic mass is 9.76. The molecule has 28 heavy (non-hydrogen) atoms. The van der Waals surface area contributed by atoms with Gasteiger partial charge in [-0.1, -0.05) is 19.0 Å². The molecule has 0 atom stereocenters. The van der Waals surface area contributed by atoms with Gasteiger partial charge in [0.2, 0.25) is 0 Å². The first-order chi connectivity index (χ1) is 13.0. The summed E-state index contributed by atoms with van der Waals surface area (Å²) < 4.78 is 5.42. The molecule has 0 radical (unpaired) electrons. The first-order valence-electron chi connectivity index (χ1n) is 10.0. The van der Waals surface area contributed by atoms with Crippen molar-refractivity contribution < 1.29 is 19.2 Å². The molecule has 2 aliphatic rings. The number of carbonyl (C=O) groups excluding carboxylic acids is 2. The third-order valence-electron chi connectivity index (χ3n) is 5.13. The van der Waals surface area contributed by atoms with Crippen LogP contribution in [0.15, 0.2) is 20.8 Å². The molecule has 1 aromatic heterocycles. The molecule has 2 aliphatic carbocycles. The molecule has 1 fully saturated rings. The number of aliphatic hydroxyl groups is 1. The number of aliphatic imine (C=N–C) groups is 1. The summed E-state index contributed by atoms with van der Waals surface area (Å²) in [5.74, 6) is 0.644. The Bertz CT molecular complexity index is 866. The summed E-state index contributed by atoms with van der Waals surface area (Å²) in [6, 6.07) is 0. The van der Waals surface area contributed by atoms with Crippen LogP contribution in [0.25, 0.3) is 0 Å².